The highest BCUT2D eigenvalue weighted by Gasteiger charge is 2.62. The average Bonchev–Trinajstić information content (AvgIpc) is 2.98. The fourth-order valence-corrected chi connectivity index (χ4v) is 9.36. The molecule has 0 aliphatic heterocycles. The van der Waals surface area contributed by atoms with E-state index in [9.17, 15) is 13.5 Å². The predicted molar refractivity (Wildman–Crippen MR) is 121 cm³/mol. The lowest BCUT2D eigenvalue weighted by molar-refractivity contribution is -0.122. The van der Waals surface area contributed by atoms with Gasteiger partial charge in [-0.3, -0.25) is 4.18 Å². The molecule has 0 heterocycles. The maximum Gasteiger partial charge on any atom is 0.297 e. The van der Waals surface area contributed by atoms with E-state index in [1.165, 1.54) is 44.9 Å². The summed E-state index contributed by atoms with van der Waals surface area (Å²) in [5.41, 5.74) is 1.20. The summed E-state index contributed by atoms with van der Waals surface area (Å²) in [6, 6.07) is 6.77. The van der Waals surface area contributed by atoms with Crippen LogP contribution in [-0.2, 0) is 14.3 Å². The van der Waals surface area contributed by atoms with E-state index in [1.54, 1.807) is 24.3 Å². The Labute approximate surface area is 187 Å². The van der Waals surface area contributed by atoms with Gasteiger partial charge in [-0.1, -0.05) is 44.4 Å². The summed E-state index contributed by atoms with van der Waals surface area (Å²) in [4.78, 5) is 0.179. The van der Waals surface area contributed by atoms with Crippen molar-refractivity contribution in [3.05, 3.63) is 29.8 Å². The van der Waals surface area contributed by atoms with Gasteiger partial charge in [0.25, 0.3) is 10.1 Å². The molecule has 0 saturated heterocycles. The highest BCUT2D eigenvalue weighted by Crippen LogP contribution is 2.66. The van der Waals surface area contributed by atoms with E-state index in [2.05, 4.69) is 13.8 Å². The molecule has 172 valence electrons. The normalized spacial score (nSPS) is 44.9. The molecule has 1 N–H and O–H groups in total. The van der Waals surface area contributed by atoms with E-state index in [0.717, 1.165) is 17.9 Å². The van der Waals surface area contributed by atoms with Crippen molar-refractivity contribution in [1.82, 2.24) is 0 Å². The fraction of sp³-hybridized carbons (Fsp3) is 0.769. The van der Waals surface area contributed by atoms with Gasteiger partial charge in [0.05, 0.1) is 11.0 Å². The van der Waals surface area contributed by atoms with Gasteiger partial charge in [0.15, 0.2) is 0 Å². The van der Waals surface area contributed by atoms with Gasteiger partial charge in [0.1, 0.15) is 6.10 Å². The molecule has 4 saturated carbocycles. The van der Waals surface area contributed by atoms with Crippen LogP contribution in [0.3, 0.4) is 0 Å². The number of hydrogen-bond donors (Lipinski definition) is 1. The molecule has 4 fully saturated rings. The number of fused-ring (bicyclic) bond motifs is 5. The minimum absolute atomic E-state index is 0.179. The summed E-state index contributed by atoms with van der Waals surface area (Å²) in [7, 11) is -3.88. The van der Waals surface area contributed by atoms with E-state index < -0.39 is 22.3 Å². The summed E-state index contributed by atoms with van der Waals surface area (Å²) in [5, 5.41) is 11.3. The Morgan fingerprint density at radius 1 is 0.935 bits per heavy atom. The summed E-state index contributed by atoms with van der Waals surface area (Å²) in [5.74, 6) is 2.50. The highest BCUT2D eigenvalue weighted by atomic mass is 32.2. The van der Waals surface area contributed by atoms with Gasteiger partial charge in [-0.25, -0.2) is 0 Å². The second kappa shape index (κ2) is 7.56. The fourth-order valence-electron chi connectivity index (χ4n) is 8.27. The third kappa shape index (κ3) is 3.41. The van der Waals surface area contributed by atoms with Crippen LogP contribution in [0.25, 0.3) is 0 Å². The quantitative estimate of drug-likeness (QED) is 0.625. The summed E-state index contributed by atoms with van der Waals surface area (Å²) < 4.78 is 31.6. The van der Waals surface area contributed by atoms with Crippen molar-refractivity contribution < 1.29 is 17.7 Å². The molecule has 4 nitrogen and oxygen atoms in total. The van der Waals surface area contributed by atoms with Crippen molar-refractivity contribution >= 4 is 10.1 Å². The maximum atomic E-state index is 12.9. The van der Waals surface area contributed by atoms with Crippen LogP contribution < -0.4 is 0 Å². The van der Waals surface area contributed by atoms with Crippen molar-refractivity contribution in [3.63, 3.8) is 0 Å². The van der Waals surface area contributed by atoms with Crippen LogP contribution in [0.5, 0.6) is 0 Å². The number of aliphatic hydroxyl groups excluding tert-OH is 1. The van der Waals surface area contributed by atoms with Gasteiger partial charge >= 0.3 is 0 Å². The molecule has 0 aromatic heterocycles. The molecule has 4 aliphatic rings. The molecule has 0 radical (unpaired) electrons. The second-order valence-corrected chi connectivity index (χ2v) is 13.1. The highest BCUT2D eigenvalue weighted by molar-refractivity contribution is 7.86. The van der Waals surface area contributed by atoms with Crippen LogP contribution in [0.2, 0.25) is 0 Å². The van der Waals surface area contributed by atoms with Gasteiger partial charge in [-0.15, -0.1) is 0 Å². The molecule has 4 aliphatic carbocycles. The Bertz CT molecular complexity index is 925. The lowest BCUT2D eigenvalue weighted by Crippen LogP contribution is -2.53. The zero-order chi connectivity index (χ0) is 22.0. The van der Waals surface area contributed by atoms with Gasteiger partial charge < -0.3 is 5.11 Å². The minimum Gasteiger partial charge on any atom is -0.390 e. The van der Waals surface area contributed by atoms with Crippen LogP contribution in [-0.4, -0.2) is 25.7 Å². The predicted octanol–water partition coefficient (Wildman–Crippen LogP) is 5.47. The molecule has 0 bridgehead atoms. The van der Waals surface area contributed by atoms with E-state index >= 15 is 0 Å². The van der Waals surface area contributed by atoms with E-state index in [-0.39, 0.29) is 10.3 Å². The first kappa shape index (κ1) is 21.9. The zero-order valence-electron chi connectivity index (χ0n) is 19.2. The molecule has 1 aromatic rings. The molecule has 1 aromatic carbocycles. The molecular weight excluding hydrogens is 408 g/mol. The monoisotopic (exact) mass is 446 g/mol. The smallest absolute Gasteiger partial charge is 0.297 e. The van der Waals surface area contributed by atoms with Crippen LogP contribution in [0.15, 0.2) is 29.2 Å². The lowest BCUT2D eigenvalue weighted by atomic mass is 9.45. The van der Waals surface area contributed by atoms with Crippen molar-refractivity contribution in [2.45, 2.75) is 95.7 Å². The third-order valence-electron chi connectivity index (χ3n) is 10.1. The van der Waals surface area contributed by atoms with Gasteiger partial charge in [0.2, 0.25) is 0 Å². The van der Waals surface area contributed by atoms with E-state index in [1.807, 2.05) is 6.92 Å². The number of hydrogen-bond acceptors (Lipinski definition) is 4. The molecule has 31 heavy (non-hydrogen) atoms. The van der Waals surface area contributed by atoms with Crippen LogP contribution >= 0.6 is 0 Å². The Morgan fingerprint density at radius 3 is 2.42 bits per heavy atom. The summed E-state index contributed by atoms with van der Waals surface area (Å²) in [6.45, 7) is 6.66. The summed E-state index contributed by atoms with van der Waals surface area (Å²) >= 11 is 0. The minimum atomic E-state index is -3.88. The van der Waals surface area contributed by atoms with Crippen molar-refractivity contribution in [2.75, 3.05) is 0 Å². The Kier molecular flexibility index (Phi) is 5.35. The van der Waals surface area contributed by atoms with Gasteiger partial charge in [-0.2, -0.15) is 8.42 Å². The SMILES string of the molecule is Cc1ccc(S(=O)(=O)O[C@@H]2C[C@H]3[C@@H]4CC[C@H]5CCCC[C@]5(C)[C@H]4CC[C@]3(C)[C@H]2O)cc1. The maximum absolute atomic E-state index is 12.9. The van der Waals surface area contributed by atoms with Gasteiger partial charge in [-0.05, 0) is 98.5 Å². The first-order valence-electron chi connectivity index (χ1n) is 12.3. The Hall–Kier alpha value is -0.910. The molecule has 0 spiro atoms. The van der Waals surface area contributed by atoms with Crippen molar-refractivity contribution in [2.24, 2.45) is 34.5 Å². The Balaban J connectivity index is 1.39. The first-order valence-corrected chi connectivity index (χ1v) is 13.7. The zero-order valence-corrected chi connectivity index (χ0v) is 20.0. The number of aryl methyl sites for hydroxylation is 1. The van der Waals surface area contributed by atoms with Crippen LogP contribution in [0.4, 0.5) is 0 Å². The van der Waals surface area contributed by atoms with Crippen LogP contribution in [0, 0.1) is 41.4 Å². The van der Waals surface area contributed by atoms with E-state index in [4.69, 9.17) is 4.18 Å². The molecule has 5 heteroatoms. The average molecular weight is 447 g/mol. The number of aliphatic hydroxyl groups is 1. The largest absolute Gasteiger partial charge is 0.390 e. The van der Waals surface area contributed by atoms with Gasteiger partial charge in [0, 0.05) is 0 Å². The van der Waals surface area contributed by atoms with Crippen molar-refractivity contribution in [1.29, 1.82) is 0 Å². The van der Waals surface area contributed by atoms with Crippen molar-refractivity contribution in [3.8, 4) is 0 Å². The topological polar surface area (TPSA) is 63.6 Å². The molecular formula is C26H38O4S. The molecule has 0 unspecified atom stereocenters. The third-order valence-corrected chi connectivity index (χ3v) is 11.4. The second-order valence-electron chi connectivity index (χ2n) is 11.5. The van der Waals surface area contributed by atoms with Crippen LogP contribution in [0.1, 0.15) is 77.2 Å². The standard InChI is InChI=1S/C26H38O4S/c1-17-7-10-19(11-8-17)31(28,29)30-23-16-22-20-12-9-18-6-4-5-14-25(18,2)21(20)13-15-26(22,3)24(23)27/h7-8,10-11,18,20-24,27H,4-6,9,12-16H2,1-3H3/t18-,20-,21+,22+,23-,24+,25+,26+/m1/s1. The first-order chi connectivity index (χ1) is 14.6. The van der Waals surface area contributed by atoms with E-state index in [0.29, 0.717) is 29.6 Å². The molecule has 0 amide bonds. The summed E-state index contributed by atoms with van der Waals surface area (Å²) in [6.07, 6.45) is 9.41. The molecule has 8 atom stereocenters. The number of rotatable bonds is 3. The lowest BCUT2D eigenvalue weighted by Gasteiger charge is -2.60. The Morgan fingerprint density at radius 2 is 1.68 bits per heavy atom. The molecule has 5 rings (SSSR count). The number of benzene rings is 1.